The Labute approximate surface area is 148 Å². The van der Waals surface area contributed by atoms with Crippen molar-refractivity contribution < 1.29 is 19.5 Å². The zero-order valence-corrected chi connectivity index (χ0v) is 16.2. The van der Waals surface area contributed by atoms with Crippen molar-refractivity contribution in [3.8, 4) is 0 Å². The predicted octanol–water partition coefficient (Wildman–Crippen LogP) is 2.33. The highest BCUT2D eigenvalue weighted by Crippen LogP contribution is 2.28. The number of carbonyl (C=O) groups is 3. The topological polar surface area (TPSA) is 86.7 Å². The molecule has 1 aliphatic rings. The van der Waals surface area contributed by atoms with Crippen molar-refractivity contribution in [2.45, 2.75) is 59.9 Å². The smallest absolute Gasteiger partial charge is 0.311 e. The maximum atomic E-state index is 12.5. The molecule has 0 spiro atoms. The molecule has 0 aliphatic carbocycles. The number of nitrogens with zero attached hydrogens (tertiary/aromatic N) is 1. The highest BCUT2D eigenvalue weighted by molar-refractivity contribution is 7.99. The lowest BCUT2D eigenvalue weighted by atomic mass is 9.82. The molecule has 1 rings (SSSR count). The number of hydrogen-bond acceptors (Lipinski definition) is 4. The van der Waals surface area contributed by atoms with E-state index in [9.17, 15) is 19.5 Å². The molecule has 0 aromatic carbocycles. The lowest BCUT2D eigenvalue weighted by Gasteiger charge is -2.30. The van der Waals surface area contributed by atoms with Gasteiger partial charge in [0.15, 0.2) is 0 Å². The van der Waals surface area contributed by atoms with Crippen LogP contribution in [0.25, 0.3) is 0 Å². The van der Waals surface area contributed by atoms with Gasteiger partial charge in [-0.25, -0.2) is 0 Å². The first-order chi connectivity index (χ1) is 11.1. The first-order valence-corrected chi connectivity index (χ1v) is 9.60. The number of rotatable bonds is 7. The number of thioether (sulfide) groups is 1. The van der Waals surface area contributed by atoms with E-state index in [-0.39, 0.29) is 23.8 Å². The molecule has 7 heteroatoms. The van der Waals surface area contributed by atoms with Gasteiger partial charge in [-0.05, 0) is 18.3 Å². The van der Waals surface area contributed by atoms with Crippen LogP contribution in [0.3, 0.4) is 0 Å². The van der Waals surface area contributed by atoms with Crippen molar-refractivity contribution in [3.05, 3.63) is 0 Å². The Balaban J connectivity index is 2.72. The van der Waals surface area contributed by atoms with Gasteiger partial charge in [-0.1, -0.05) is 34.6 Å². The number of amides is 2. The van der Waals surface area contributed by atoms with Crippen LogP contribution < -0.4 is 5.32 Å². The van der Waals surface area contributed by atoms with E-state index in [0.29, 0.717) is 30.9 Å². The van der Waals surface area contributed by atoms with Gasteiger partial charge in [0, 0.05) is 18.7 Å². The molecule has 1 fully saturated rings. The standard InChI is InChI=1S/C17H30N2O4S/c1-6-17(7-2,15(22)23)10-18-14(21)12-9-24-11-19(12)13(20)8-16(3,4)5/h12H,6-11H2,1-5H3,(H,18,21)(H,22,23). The average molecular weight is 359 g/mol. The van der Waals surface area contributed by atoms with Crippen LogP contribution in [0.4, 0.5) is 0 Å². The monoisotopic (exact) mass is 358 g/mol. The molecule has 0 saturated carbocycles. The third kappa shape index (κ3) is 5.13. The van der Waals surface area contributed by atoms with Gasteiger partial charge >= 0.3 is 5.97 Å². The highest BCUT2D eigenvalue weighted by Gasteiger charge is 2.39. The molecule has 1 aliphatic heterocycles. The van der Waals surface area contributed by atoms with Crippen LogP contribution in [0, 0.1) is 10.8 Å². The van der Waals surface area contributed by atoms with Crippen LogP contribution in [0.15, 0.2) is 0 Å². The first-order valence-electron chi connectivity index (χ1n) is 8.44. The Kier molecular flexibility index (Phi) is 7.13. The summed E-state index contributed by atoms with van der Waals surface area (Å²) < 4.78 is 0. The molecule has 2 amide bonds. The van der Waals surface area contributed by atoms with Crippen molar-refractivity contribution in [3.63, 3.8) is 0 Å². The van der Waals surface area contributed by atoms with E-state index in [4.69, 9.17) is 0 Å². The van der Waals surface area contributed by atoms with Crippen molar-refractivity contribution >= 4 is 29.5 Å². The largest absolute Gasteiger partial charge is 0.481 e. The van der Waals surface area contributed by atoms with Gasteiger partial charge < -0.3 is 15.3 Å². The zero-order chi connectivity index (χ0) is 18.5. The molecular weight excluding hydrogens is 328 g/mol. The van der Waals surface area contributed by atoms with E-state index in [1.807, 2.05) is 34.6 Å². The molecule has 0 aromatic heterocycles. The predicted molar refractivity (Wildman–Crippen MR) is 95.7 cm³/mol. The Hall–Kier alpha value is -1.24. The summed E-state index contributed by atoms with van der Waals surface area (Å²) in [6.07, 6.45) is 1.29. The van der Waals surface area contributed by atoms with Crippen molar-refractivity contribution in [2.24, 2.45) is 10.8 Å². The summed E-state index contributed by atoms with van der Waals surface area (Å²) in [4.78, 5) is 38.1. The van der Waals surface area contributed by atoms with E-state index in [0.717, 1.165) is 0 Å². The molecule has 0 aromatic rings. The number of carboxylic acid groups (broad SMARTS) is 1. The summed E-state index contributed by atoms with van der Waals surface area (Å²) in [5.41, 5.74) is -1.07. The summed E-state index contributed by atoms with van der Waals surface area (Å²) in [6.45, 7) is 9.70. The first kappa shape index (κ1) is 20.8. The minimum Gasteiger partial charge on any atom is -0.481 e. The summed E-state index contributed by atoms with van der Waals surface area (Å²) >= 11 is 1.55. The Bertz CT molecular complexity index is 483. The summed E-state index contributed by atoms with van der Waals surface area (Å²) in [6, 6.07) is -0.509. The van der Waals surface area contributed by atoms with Gasteiger partial charge in [0.25, 0.3) is 0 Å². The number of carboxylic acids is 1. The van der Waals surface area contributed by atoms with E-state index in [1.54, 1.807) is 16.7 Å². The molecule has 0 radical (unpaired) electrons. The van der Waals surface area contributed by atoms with Crippen LogP contribution in [0.5, 0.6) is 0 Å². The van der Waals surface area contributed by atoms with E-state index in [1.165, 1.54) is 0 Å². The number of aliphatic carboxylic acids is 1. The van der Waals surface area contributed by atoms with E-state index in [2.05, 4.69) is 5.32 Å². The van der Waals surface area contributed by atoms with Gasteiger partial charge in [-0.15, -0.1) is 11.8 Å². The van der Waals surface area contributed by atoms with Gasteiger partial charge in [0.1, 0.15) is 6.04 Å². The number of nitrogens with one attached hydrogen (secondary N) is 1. The Morgan fingerprint density at radius 3 is 2.25 bits per heavy atom. The Morgan fingerprint density at radius 2 is 1.79 bits per heavy atom. The highest BCUT2D eigenvalue weighted by atomic mass is 32.2. The van der Waals surface area contributed by atoms with Gasteiger partial charge in [0.05, 0.1) is 11.3 Å². The van der Waals surface area contributed by atoms with Crippen LogP contribution in [0.2, 0.25) is 0 Å². The zero-order valence-electron chi connectivity index (χ0n) is 15.3. The lowest BCUT2D eigenvalue weighted by molar-refractivity contribution is -0.150. The molecule has 1 heterocycles. The van der Waals surface area contributed by atoms with E-state index >= 15 is 0 Å². The Morgan fingerprint density at radius 1 is 1.21 bits per heavy atom. The lowest BCUT2D eigenvalue weighted by Crippen LogP contribution is -2.51. The molecule has 1 atom stereocenters. The van der Waals surface area contributed by atoms with Gasteiger partial charge in [0.2, 0.25) is 11.8 Å². The fourth-order valence-electron chi connectivity index (χ4n) is 2.71. The molecule has 24 heavy (non-hydrogen) atoms. The summed E-state index contributed by atoms with van der Waals surface area (Å²) in [7, 11) is 0. The molecule has 6 nitrogen and oxygen atoms in total. The minimum atomic E-state index is -0.943. The fraction of sp³-hybridized carbons (Fsp3) is 0.824. The van der Waals surface area contributed by atoms with E-state index < -0.39 is 17.4 Å². The number of carbonyl (C=O) groups excluding carboxylic acids is 2. The molecule has 1 saturated heterocycles. The van der Waals surface area contributed by atoms with Gasteiger partial charge in [-0.3, -0.25) is 14.4 Å². The normalized spacial score (nSPS) is 18.5. The molecular formula is C17H30N2O4S. The second-order valence-electron chi connectivity index (χ2n) is 7.63. The summed E-state index contributed by atoms with van der Waals surface area (Å²) in [5, 5.41) is 12.2. The third-order valence-corrected chi connectivity index (χ3v) is 5.61. The maximum absolute atomic E-state index is 12.5. The molecule has 0 bridgehead atoms. The van der Waals surface area contributed by atoms with Crippen molar-refractivity contribution in [1.29, 1.82) is 0 Å². The van der Waals surface area contributed by atoms with Crippen LogP contribution >= 0.6 is 11.8 Å². The second-order valence-corrected chi connectivity index (χ2v) is 8.63. The average Bonchev–Trinajstić information content (AvgIpc) is 2.96. The molecule has 138 valence electrons. The minimum absolute atomic E-state index is 0.0249. The van der Waals surface area contributed by atoms with Crippen LogP contribution in [0.1, 0.15) is 53.9 Å². The SMILES string of the molecule is CCC(CC)(CNC(=O)C1CSCN1C(=O)CC(C)(C)C)C(=O)O. The quantitative estimate of drug-likeness (QED) is 0.729. The fourth-order valence-corrected chi connectivity index (χ4v) is 3.89. The molecule has 1 unspecified atom stereocenters. The third-order valence-electron chi connectivity index (χ3n) is 4.60. The van der Waals surface area contributed by atoms with Crippen molar-refractivity contribution in [1.82, 2.24) is 10.2 Å². The molecule has 2 N–H and O–H groups in total. The van der Waals surface area contributed by atoms with Gasteiger partial charge in [-0.2, -0.15) is 0 Å². The second kappa shape index (κ2) is 8.23. The van der Waals surface area contributed by atoms with Crippen LogP contribution in [-0.4, -0.2) is 52.0 Å². The van der Waals surface area contributed by atoms with Crippen LogP contribution in [-0.2, 0) is 14.4 Å². The summed E-state index contributed by atoms with van der Waals surface area (Å²) in [5.74, 6) is -0.106. The van der Waals surface area contributed by atoms with Crippen molar-refractivity contribution in [2.75, 3.05) is 18.2 Å². The maximum Gasteiger partial charge on any atom is 0.311 e. The number of hydrogen-bond donors (Lipinski definition) is 2.